The molecule has 0 aliphatic rings. The van der Waals surface area contributed by atoms with Crippen LogP contribution in [0.3, 0.4) is 0 Å². The van der Waals surface area contributed by atoms with Crippen molar-refractivity contribution in [3.8, 4) is 0 Å². The maximum Gasteiger partial charge on any atom is 0.319 e. The summed E-state index contributed by atoms with van der Waals surface area (Å²) in [7, 11) is 1.32. The molecule has 0 radical (unpaired) electrons. The number of carbonyl (C=O) groups is 1. The highest BCUT2D eigenvalue weighted by Gasteiger charge is 1.95. The van der Waals surface area contributed by atoms with Crippen molar-refractivity contribution in [2.24, 2.45) is 0 Å². The predicted molar refractivity (Wildman–Crippen MR) is 43.3 cm³/mol. The Morgan fingerprint density at radius 3 is 2.45 bits per heavy atom. The maximum atomic E-state index is 10.3. The van der Waals surface area contributed by atoms with Crippen LogP contribution in [-0.4, -0.2) is 37.9 Å². The minimum atomic E-state index is -0.316. The molecule has 4 nitrogen and oxygen atoms in total. The second-order valence-corrected chi connectivity index (χ2v) is 1.48. The zero-order valence-corrected chi connectivity index (χ0v) is 7.39. The molecular weight excluding hydrogens is 146 g/mol. The molecule has 4 heteroatoms. The highest BCUT2D eigenvalue weighted by Crippen LogP contribution is 1.67. The molecule has 0 atom stereocenters. The molecule has 0 aliphatic carbocycles. The van der Waals surface area contributed by atoms with E-state index in [2.05, 4.69) is 10.1 Å². The Kier molecular flexibility index (Phi) is 14.3. The third kappa shape index (κ3) is 12.6. The van der Waals surface area contributed by atoms with Gasteiger partial charge in [0.05, 0.1) is 20.3 Å². The fourth-order valence-corrected chi connectivity index (χ4v) is 0.342. The molecule has 0 heterocycles. The lowest BCUT2D eigenvalue weighted by Crippen LogP contribution is -2.26. The van der Waals surface area contributed by atoms with E-state index in [9.17, 15) is 4.79 Å². The summed E-state index contributed by atoms with van der Waals surface area (Å²) in [6, 6.07) is 0. The average Bonchev–Trinajstić information content (AvgIpc) is 2.08. The second kappa shape index (κ2) is 12.1. The summed E-state index contributed by atoms with van der Waals surface area (Å²) < 4.78 is 4.31. The van der Waals surface area contributed by atoms with Crippen LogP contribution in [0.1, 0.15) is 13.8 Å². The van der Waals surface area contributed by atoms with Gasteiger partial charge in [-0.2, -0.15) is 0 Å². The molecule has 0 rings (SSSR count). The number of aliphatic hydroxyl groups excluding tert-OH is 1. The molecular formula is C7H17NO3. The van der Waals surface area contributed by atoms with Gasteiger partial charge >= 0.3 is 5.97 Å². The molecule has 0 fully saturated rings. The van der Waals surface area contributed by atoms with E-state index in [1.54, 1.807) is 0 Å². The van der Waals surface area contributed by atoms with Crippen LogP contribution < -0.4 is 5.32 Å². The number of nitrogens with one attached hydrogen (secondary N) is 1. The van der Waals surface area contributed by atoms with Crippen molar-refractivity contribution < 1.29 is 14.6 Å². The van der Waals surface area contributed by atoms with Crippen LogP contribution in [0.4, 0.5) is 0 Å². The Balaban J connectivity index is 0. The van der Waals surface area contributed by atoms with Gasteiger partial charge in [-0.15, -0.1) is 0 Å². The predicted octanol–water partition coefficient (Wildman–Crippen LogP) is -0.233. The van der Waals surface area contributed by atoms with E-state index in [0.29, 0.717) is 6.54 Å². The highest BCUT2D eigenvalue weighted by atomic mass is 16.5. The van der Waals surface area contributed by atoms with Gasteiger partial charge in [0.25, 0.3) is 0 Å². The van der Waals surface area contributed by atoms with Crippen LogP contribution in [0, 0.1) is 0 Å². The van der Waals surface area contributed by atoms with Crippen molar-refractivity contribution in [1.29, 1.82) is 0 Å². The molecule has 0 amide bonds. The Bertz CT molecular complexity index is 85.8. The van der Waals surface area contributed by atoms with E-state index in [0.717, 1.165) is 0 Å². The fraction of sp³-hybridized carbons (Fsp3) is 0.857. The summed E-state index contributed by atoms with van der Waals surface area (Å²) in [6.07, 6.45) is 0. The van der Waals surface area contributed by atoms with E-state index in [1.807, 2.05) is 13.8 Å². The van der Waals surface area contributed by atoms with Gasteiger partial charge in [-0.05, 0) is 0 Å². The van der Waals surface area contributed by atoms with Crippen molar-refractivity contribution in [2.45, 2.75) is 13.8 Å². The summed E-state index contributed by atoms with van der Waals surface area (Å²) in [5.74, 6) is -0.316. The molecule has 0 saturated heterocycles. The lowest BCUT2D eigenvalue weighted by atomic mass is 10.6. The second-order valence-electron chi connectivity index (χ2n) is 1.48. The minimum absolute atomic E-state index is 0.0387. The molecule has 11 heavy (non-hydrogen) atoms. The smallest absolute Gasteiger partial charge is 0.319 e. The van der Waals surface area contributed by atoms with E-state index in [-0.39, 0.29) is 19.1 Å². The van der Waals surface area contributed by atoms with Crippen LogP contribution in [0.15, 0.2) is 0 Å². The number of carbonyl (C=O) groups excluding carboxylic acids is 1. The molecule has 0 unspecified atom stereocenters. The van der Waals surface area contributed by atoms with Crippen LogP contribution in [0.2, 0.25) is 0 Å². The van der Waals surface area contributed by atoms with Gasteiger partial charge in [0.2, 0.25) is 0 Å². The zero-order chi connectivity index (χ0) is 9.11. The SMILES string of the molecule is CC.COC(=O)CNCCO. The molecule has 2 N–H and O–H groups in total. The van der Waals surface area contributed by atoms with Gasteiger partial charge < -0.3 is 15.2 Å². The molecule has 0 aromatic carbocycles. The standard InChI is InChI=1S/C5H11NO3.C2H6/c1-9-5(8)4-6-2-3-7;1-2/h6-7H,2-4H2,1H3;1-2H3. The van der Waals surface area contributed by atoms with Crippen molar-refractivity contribution >= 4 is 5.97 Å². The number of aliphatic hydroxyl groups is 1. The first-order chi connectivity index (χ1) is 5.31. The van der Waals surface area contributed by atoms with Crippen LogP contribution in [-0.2, 0) is 9.53 Å². The number of esters is 1. The summed E-state index contributed by atoms with van der Waals surface area (Å²) in [5.41, 5.74) is 0. The van der Waals surface area contributed by atoms with Crippen LogP contribution in [0.5, 0.6) is 0 Å². The maximum absolute atomic E-state index is 10.3. The van der Waals surface area contributed by atoms with Crippen LogP contribution >= 0.6 is 0 Å². The largest absolute Gasteiger partial charge is 0.468 e. The lowest BCUT2D eigenvalue weighted by Gasteiger charge is -1.98. The number of ether oxygens (including phenoxy) is 1. The van der Waals surface area contributed by atoms with Crippen molar-refractivity contribution in [2.75, 3.05) is 26.8 Å². The third-order valence-corrected chi connectivity index (χ3v) is 0.786. The highest BCUT2D eigenvalue weighted by molar-refractivity contribution is 5.71. The molecule has 68 valence electrons. The van der Waals surface area contributed by atoms with E-state index >= 15 is 0 Å². The van der Waals surface area contributed by atoms with E-state index in [1.165, 1.54) is 7.11 Å². The Morgan fingerprint density at radius 1 is 1.55 bits per heavy atom. The molecule has 0 aromatic heterocycles. The normalized spacial score (nSPS) is 8.00. The van der Waals surface area contributed by atoms with Gasteiger partial charge in [0.15, 0.2) is 0 Å². The quantitative estimate of drug-likeness (QED) is 0.444. The Hall–Kier alpha value is -0.610. The van der Waals surface area contributed by atoms with Crippen LogP contribution in [0.25, 0.3) is 0 Å². The summed E-state index contributed by atoms with van der Waals surface area (Å²) >= 11 is 0. The monoisotopic (exact) mass is 163 g/mol. The first-order valence-corrected chi connectivity index (χ1v) is 3.69. The number of hydrogen-bond acceptors (Lipinski definition) is 4. The number of rotatable bonds is 4. The summed E-state index contributed by atoms with van der Waals surface area (Å²) in [5, 5.41) is 10.9. The topological polar surface area (TPSA) is 58.6 Å². The minimum Gasteiger partial charge on any atom is -0.468 e. The Labute approximate surface area is 67.6 Å². The van der Waals surface area contributed by atoms with Gasteiger partial charge in [-0.1, -0.05) is 13.8 Å². The summed E-state index contributed by atoms with van der Waals surface area (Å²) in [4.78, 5) is 10.3. The van der Waals surface area contributed by atoms with Crippen molar-refractivity contribution in [3.63, 3.8) is 0 Å². The van der Waals surface area contributed by atoms with Gasteiger partial charge in [-0.3, -0.25) is 4.79 Å². The van der Waals surface area contributed by atoms with Gasteiger partial charge in [-0.25, -0.2) is 0 Å². The van der Waals surface area contributed by atoms with Gasteiger partial charge in [0.1, 0.15) is 0 Å². The van der Waals surface area contributed by atoms with E-state index < -0.39 is 0 Å². The summed E-state index contributed by atoms with van der Waals surface area (Å²) in [6.45, 7) is 4.63. The number of hydrogen-bond donors (Lipinski definition) is 2. The first kappa shape index (κ1) is 13.0. The molecule has 0 saturated carbocycles. The molecule has 0 bridgehead atoms. The third-order valence-electron chi connectivity index (χ3n) is 0.786. The van der Waals surface area contributed by atoms with E-state index in [4.69, 9.17) is 5.11 Å². The van der Waals surface area contributed by atoms with Crippen molar-refractivity contribution in [3.05, 3.63) is 0 Å². The van der Waals surface area contributed by atoms with Crippen molar-refractivity contribution in [1.82, 2.24) is 5.32 Å². The van der Waals surface area contributed by atoms with Gasteiger partial charge in [0, 0.05) is 6.54 Å². The molecule has 0 aromatic rings. The average molecular weight is 163 g/mol. The number of methoxy groups -OCH3 is 1. The zero-order valence-electron chi connectivity index (χ0n) is 7.39. The molecule has 0 spiro atoms. The Morgan fingerprint density at radius 2 is 2.09 bits per heavy atom. The fourth-order valence-electron chi connectivity index (χ4n) is 0.342. The lowest BCUT2D eigenvalue weighted by molar-refractivity contribution is -0.139. The molecule has 0 aliphatic heterocycles. The first-order valence-electron chi connectivity index (χ1n) is 3.69.